The fourth-order valence-corrected chi connectivity index (χ4v) is 1.86. The van der Waals surface area contributed by atoms with Gasteiger partial charge in [-0.05, 0) is 35.0 Å². The molecule has 13 heavy (non-hydrogen) atoms. The number of aromatic nitrogens is 2. The molecule has 0 radical (unpaired) electrons. The van der Waals surface area contributed by atoms with Crippen molar-refractivity contribution in [1.29, 1.82) is 0 Å². The van der Waals surface area contributed by atoms with Gasteiger partial charge in [0, 0.05) is 0 Å². The molecule has 0 bridgehead atoms. The SMILES string of the molecule is Cc1nc2cccc(CO)n2c1Br. The second-order valence-corrected chi connectivity index (χ2v) is 3.61. The average molecular weight is 241 g/mol. The zero-order valence-corrected chi connectivity index (χ0v) is 8.74. The molecule has 2 aromatic heterocycles. The van der Waals surface area contributed by atoms with Crippen LogP contribution in [0.15, 0.2) is 22.8 Å². The van der Waals surface area contributed by atoms with E-state index >= 15 is 0 Å². The molecular weight excluding hydrogens is 232 g/mol. The lowest BCUT2D eigenvalue weighted by Crippen LogP contribution is -1.95. The van der Waals surface area contributed by atoms with E-state index in [-0.39, 0.29) is 6.61 Å². The summed E-state index contributed by atoms with van der Waals surface area (Å²) in [6, 6.07) is 5.68. The fraction of sp³-hybridized carbons (Fsp3) is 0.222. The first-order valence-electron chi connectivity index (χ1n) is 3.97. The molecule has 68 valence electrons. The van der Waals surface area contributed by atoms with Gasteiger partial charge in [-0.15, -0.1) is 0 Å². The summed E-state index contributed by atoms with van der Waals surface area (Å²) in [7, 11) is 0. The normalized spacial score (nSPS) is 11.0. The Morgan fingerprint density at radius 2 is 2.31 bits per heavy atom. The molecule has 2 heterocycles. The summed E-state index contributed by atoms with van der Waals surface area (Å²) >= 11 is 3.43. The molecule has 0 atom stereocenters. The maximum Gasteiger partial charge on any atom is 0.138 e. The molecule has 0 spiro atoms. The van der Waals surface area contributed by atoms with Crippen LogP contribution in [0.2, 0.25) is 0 Å². The molecule has 2 rings (SSSR count). The van der Waals surface area contributed by atoms with E-state index in [0.29, 0.717) is 0 Å². The Kier molecular flexibility index (Phi) is 2.09. The number of aliphatic hydroxyl groups excluding tert-OH is 1. The highest BCUT2D eigenvalue weighted by Gasteiger charge is 2.07. The van der Waals surface area contributed by atoms with Crippen LogP contribution in [0.25, 0.3) is 5.65 Å². The summed E-state index contributed by atoms with van der Waals surface area (Å²) in [5.74, 6) is 0. The molecule has 0 aliphatic rings. The van der Waals surface area contributed by atoms with Crippen molar-refractivity contribution < 1.29 is 5.11 Å². The molecule has 0 fully saturated rings. The Balaban J connectivity index is 2.87. The minimum atomic E-state index is 0.0196. The third kappa shape index (κ3) is 1.26. The van der Waals surface area contributed by atoms with E-state index in [2.05, 4.69) is 20.9 Å². The van der Waals surface area contributed by atoms with Gasteiger partial charge in [-0.2, -0.15) is 0 Å². The van der Waals surface area contributed by atoms with Gasteiger partial charge in [0.05, 0.1) is 18.0 Å². The first-order valence-corrected chi connectivity index (χ1v) is 4.76. The van der Waals surface area contributed by atoms with E-state index in [1.54, 1.807) is 0 Å². The average Bonchev–Trinajstić information content (AvgIpc) is 2.43. The standard InChI is InChI=1S/C9H9BrN2O/c1-6-9(10)12-7(5-13)3-2-4-8(12)11-6/h2-4,13H,5H2,1H3. The van der Waals surface area contributed by atoms with E-state index in [9.17, 15) is 0 Å². The second kappa shape index (κ2) is 3.12. The van der Waals surface area contributed by atoms with E-state index in [4.69, 9.17) is 5.11 Å². The van der Waals surface area contributed by atoms with Crippen molar-refractivity contribution in [1.82, 2.24) is 9.38 Å². The molecule has 0 unspecified atom stereocenters. The van der Waals surface area contributed by atoms with Crippen molar-refractivity contribution >= 4 is 21.6 Å². The molecule has 0 saturated heterocycles. The lowest BCUT2D eigenvalue weighted by atomic mass is 10.3. The molecular formula is C9H9BrN2O. The summed E-state index contributed by atoms with van der Waals surface area (Å²) in [5, 5.41) is 9.10. The number of aliphatic hydroxyl groups is 1. The minimum Gasteiger partial charge on any atom is -0.390 e. The minimum absolute atomic E-state index is 0.0196. The second-order valence-electron chi connectivity index (χ2n) is 2.86. The number of hydrogen-bond acceptors (Lipinski definition) is 2. The van der Waals surface area contributed by atoms with Crippen LogP contribution in [-0.4, -0.2) is 14.5 Å². The highest BCUT2D eigenvalue weighted by atomic mass is 79.9. The van der Waals surface area contributed by atoms with Gasteiger partial charge in [-0.3, -0.25) is 4.40 Å². The molecule has 2 aromatic rings. The molecule has 0 aliphatic heterocycles. The summed E-state index contributed by atoms with van der Waals surface area (Å²) in [4.78, 5) is 4.33. The lowest BCUT2D eigenvalue weighted by Gasteiger charge is -2.01. The van der Waals surface area contributed by atoms with Crippen molar-refractivity contribution in [2.24, 2.45) is 0 Å². The summed E-state index contributed by atoms with van der Waals surface area (Å²) in [6.45, 7) is 1.95. The first kappa shape index (κ1) is 8.72. The van der Waals surface area contributed by atoms with Crippen LogP contribution in [-0.2, 0) is 6.61 Å². The maximum atomic E-state index is 9.10. The van der Waals surface area contributed by atoms with E-state index in [1.807, 2.05) is 29.5 Å². The van der Waals surface area contributed by atoms with Crippen LogP contribution < -0.4 is 0 Å². The Labute approximate surface area is 84.2 Å². The van der Waals surface area contributed by atoms with Gasteiger partial charge >= 0.3 is 0 Å². The van der Waals surface area contributed by atoms with Gasteiger partial charge in [0.15, 0.2) is 0 Å². The van der Waals surface area contributed by atoms with Crippen LogP contribution in [0, 0.1) is 6.92 Å². The van der Waals surface area contributed by atoms with Crippen LogP contribution in [0.1, 0.15) is 11.4 Å². The van der Waals surface area contributed by atoms with E-state index < -0.39 is 0 Å². The summed E-state index contributed by atoms with van der Waals surface area (Å²) in [6.07, 6.45) is 0. The Hall–Kier alpha value is -0.870. The number of imidazole rings is 1. The topological polar surface area (TPSA) is 37.5 Å². The largest absolute Gasteiger partial charge is 0.390 e. The summed E-state index contributed by atoms with van der Waals surface area (Å²) < 4.78 is 2.81. The monoisotopic (exact) mass is 240 g/mol. The van der Waals surface area contributed by atoms with Crippen molar-refractivity contribution in [3.63, 3.8) is 0 Å². The van der Waals surface area contributed by atoms with Gasteiger partial charge in [-0.1, -0.05) is 6.07 Å². The van der Waals surface area contributed by atoms with Crippen LogP contribution >= 0.6 is 15.9 Å². The van der Waals surface area contributed by atoms with Crippen molar-refractivity contribution in [2.45, 2.75) is 13.5 Å². The first-order chi connectivity index (χ1) is 6.24. The van der Waals surface area contributed by atoms with Gasteiger partial charge in [0.25, 0.3) is 0 Å². The van der Waals surface area contributed by atoms with Crippen molar-refractivity contribution in [3.8, 4) is 0 Å². The predicted octanol–water partition coefficient (Wildman–Crippen LogP) is 1.90. The zero-order chi connectivity index (χ0) is 9.42. The van der Waals surface area contributed by atoms with Crippen molar-refractivity contribution in [2.75, 3.05) is 0 Å². The third-order valence-electron chi connectivity index (χ3n) is 1.99. The molecule has 0 amide bonds. The quantitative estimate of drug-likeness (QED) is 0.827. The Morgan fingerprint density at radius 1 is 1.54 bits per heavy atom. The van der Waals surface area contributed by atoms with Gasteiger partial charge in [-0.25, -0.2) is 4.98 Å². The van der Waals surface area contributed by atoms with Gasteiger partial charge < -0.3 is 5.11 Å². The number of rotatable bonds is 1. The molecule has 4 heteroatoms. The smallest absolute Gasteiger partial charge is 0.138 e. The lowest BCUT2D eigenvalue weighted by molar-refractivity contribution is 0.275. The molecule has 0 aliphatic carbocycles. The number of pyridine rings is 1. The maximum absolute atomic E-state index is 9.10. The molecule has 3 nitrogen and oxygen atoms in total. The third-order valence-corrected chi connectivity index (χ3v) is 2.92. The highest BCUT2D eigenvalue weighted by Crippen LogP contribution is 2.19. The Morgan fingerprint density at radius 3 is 3.00 bits per heavy atom. The summed E-state index contributed by atoms with van der Waals surface area (Å²) in [5.41, 5.74) is 2.63. The van der Waals surface area contributed by atoms with Crippen molar-refractivity contribution in [3.05, 3.63) is 34.2 Å². The number of nitrogens with zero attached hydrogens (tertiary/aromatic N) is 2. The predicted molar refractivity (Wildman–Crippen MR) is 53.6 cm³/mol. The number of hydrogen-bond donors (Lipinski definition) is 1. The van der Waals surface area contributed by atoms with E-state index in [0.717, 1.165) is 21.6 Å². The number of fused-ring (bicyclic) bond motifs is 1. The fourth-order valence-electron chi connectivity index (χ4n) is 1.36. The zero-order valence-electron chi connectivity index (χ0n) is 7.16. The molecule has 1 N–H and O–H groups in total. The highest BCUT2D eigenvalue weighted by molar-refractivity contribution is 9.10. The number of aryl methyl sites for hydroxylation is 1. The van der Waals surface area contributed by atoms with Crippen LogP contribution in [0.5, 0.6) is 0 Å². The van der Waals surface area contributed by atoms with Crippen LogP contribution in [0.4, 0.5) is 0 Å². The van der Waals surface area contributed by atoms with Gasteiger partial charge in [0.2, 0.25) is 0 Å². The van der Waals surface area contributed by atoms with Crippen LogP contribution in [0.3, 0.4) is 0 Å². The number of halogens is 1. The Bertz CT molecular complexity index is 450. The molecule has 0 aromatic carbocycles. The van der Waals surface area contributed by atoms with E-state index in [1.165, 1.54) is 0 Å². The molecule has 0 saturated carbocycles. The van der Waals surface area contributed by atoms with Gasteiger partial charge in [0.1, 0.15) is 10.3 Å².